The first-order chi connectivity index (χ1) is 16.1. The predicted molar refractivity (Wildman–Crippen MR) is 118 cm³/mol. The summed E-state index contributed by atoms with van der Waals surface area (Å²) in [6.45, 7) is 1.88. The highest BCUT2D eigenvalue weighted by Crippen LogP contribution is 2.22. The number of nitrogens with zero attached hydrogens (tertiary/aromatic N) is 6. The molecule has 3 aromatic heterocycles. The van der Waals surface area contributed by atoms with Gasteiger partial charge in [0.2, 0.25) is 5.88 Å². The van der Waals surface area contributed by atoms with Crippen molar-refractivity contribution in [3.63, 3.8) is 0 Å². The SMILES string of the molecule is Cn1ncc(C(=O)N2CCOCC2)c1OC(=O)Nc1cc2nc(-c3ccccc3)cn2cn1. The minimum Gasteiger partial charge on any atom is -0.390 e. The zero-order chi connectivity index (χ0) is 22.8. The second-order valence-electron chi connectivity index (χ2n) is 7.44. The second-order valence-corrected chi connectivity index (χ2v) is 7.44. The van der Waals surface area contributed by atoms with Gasteiger partial charge in [-0.2, -0.15) is 5.10 Å². The zero-order valence-corrected chi connectivity index (χ0v) is 17.8. The summed E-state index contributed by atoms with van der Waals surface area (Å²) in [5.41, 5.74) is 2.59. The molecule has 11 heteroatoms. The Morgan fingerprint density at radius 1 is 1.15 bits per heavy atom. The fourth-order valence-corrected chi connectivity index (χ4v) is 3.56. The van der Waals surface area contributed by atoms with Crippen LogP contribution in [0.25, 0.3) is 16.9 Å². The molecule has 1 N–H and O–H groups in total. The molecule has 11 nitrogen and oxygen atoms in total. The van der Waals surface area contributed by atoms with E-state index in [0.29, 0.717) is 32.0 Å². The lowest BCUT2D eigenvalue weighted by Crippen LogP contribution is -2.40. The van der Waals surface area contributed by atoms with Gasteiger partial charge in [0.1, 0.15) is 23.4 Å². The average Bonchev–Trinajstić information content (AvgIpc) is 3.43. The highest BCUT2D eigenvalue weighted by atomic mass is 16.6. The molecule has 0 spiro atoms. The van der Waals surface area contributed by atoms with Crippen LogP contribution in [-0.4, -0.2) is 67.4 Å². The highest BCUT2D eigenvalue weighted by molar-refractivity contribution is 5.97. The van der Waals surface area contributed by atoms with Crippen LogP contribution >= 0.6 is 0 Å². The van der Waals surface area contributed by atoms with Crippen LogP contribution in [0.3, 0.4) is 0 Å². The van der Waals surface area contributed by atoms with E-state index in [0.717, 1.165) is 11.3 Å². The lowest BCUT2D eigenvalue weighted by Gasteiger charge is -2.26. The van der Waals surface area contributed by atoms with Crippen LogP contribution in [0.4, 0.5) is 10.6 Å². The maximum absolute atomic E-state index is 12.8. The number of hydrogen-bond acceptors (Lipinski definition) is 7. The third-order valence-electron chi connectivity index (χ3n) is 5.25. The summed E-state index contributed by atoms with van der Waals surface area (Å²) in [4.78, 5) is 35.8. The van der Waals surface area contributed by atoms with Crippen LogP contribution in [0.1, 0.15) is 10.4 Å². The monoisotopic (exact) mass is 447 g/mol. The number of amides is 2. The zero-order valence-electron chi connectivity index (χ0n) is 17.8. The molecule has 1 saturated heterocycles. The number of hydrogen-bond donors (Lipinski definition) is 1. The number of imidazole rings is 1. The Morgan fingerprint density at radius 2 is 1.94 bits per heavy atom. The molecule has 1 aliphatic rings. The Bertz CT molecular complexity index is 1310. The van der Waals surface area contributed by atoms with Crippen molar-refractivity contribution in [2.75, 3.05) is 31.6 Å². The fourth-order valence-electron chi connectivity index (χ4n) is 3.56. The number of aromatic nitrogens is 5. The first kappa shape index (κ1) is 20.6. The normalized spacial score (nSPS) is 13.8. The number of morpholine rings is 1. The molecule has 1 aromatic carbocycles. The molecule has 0 saturated carbocycles. The molecule has 0 unspecified atom stereocenters. The van der Waals surface area contributed by atoms with Crippen LogP contribution < -0.4 is 10.1 Å². The lowest BCUT2D eigenvalue weighted by atomic mass is 10.2. The van der Waals surface area contributed by atoms with Crippen molar-refractivity contribution in [1.82, 2.24) is 29.0 Å². The standard InChI is InChI=1S/C22H21N7O4/c1-27-21(16(12-24-27)20(30)28-7-9-32-10-8-28)33-22(31)26-18-11-19-25-17(13-29(19)14-23-18)15-5-3-2-4-6-15/h2-6,11-14H,7-10H2,1H3,(H,26,31). The first-order valence-corrected chi connectivity index (χ1v) is 10.4. The van der Waals surface area contributed by atoms with Crippen LogP contribution in [0, 0.1) is 0 Å². The van der Waals surface area contributed by atoms with Gasteiger partial charge in [0.25, 0.3) is 5.91 Å². The van der Waals surface area contributed by atoms with E-state index in [1.165, 1.54) is 10.9 Å². The second kappa shape index (κ2) is 8.71. The van der Waals surface area contributed by atoms with E-state index in [1.54, 1.807) is 28.7 Å². The Hall–Kier alpha value is -4.25. The van der Waals surface area contributed by atoms with E-state index in [2.05, 4.69) is 20.4 Å². The molecule has 0 atom stereocenters. The molecule has 168 valence electrons. The average molecular weight is 447 g/mol. The largest absolute Gasteiger partial charge is 0.419 e. The van der Waals surface area contributed by atoms with Crippen molar-refractivity contribution in [1.29, 1.82) is 0 Å². The summed E-state index contributed by atoms with van der Waals surface area (Å²) in [5.74, 6) is 0.0535. The molecule has 1 aliphatic heterocycles. The molecule has 5 rings (SSSR count). The summed E-state index contributed by atoms with van der Waals surface area (Å²) >= 11 is 0. The lowest BCUT2D eigenvalue weighted by molar-refractivity contribution is 0.0301. The molecule has 1 fully saturated rings. The van der Waals surface area contributed by atoms with E-state index in [9.17, 15) is 9.59 Å². The van der Waals surface area contributed by atoms with Crippen molar-refractivity contribution in [3.05, 3.63) is 60.7 Å². The van der Waals surface area contributed by atoms with Gasteiger partial charge in [0.05, 0.1) is 25.1 Å². The predicted octanol–water partition coefficient (Wildman–Crippen LogP) is 2.21. The minimum absolute atomic E-state index is 0.0530. The number of nitrogens with one attached hydrogen (secondary N) is 1. The van der Waals surface area contributed by atoms with Crippen molar-refractivity contribution in [2.45, 2.75) is 0 Å². The Morgan fingerprint density at radius 3 is 2.73 bits per heavy atom. The van der Waals surface area contributed by atoms with Crippen molar-refractivity contribution >= 4 is 23.5 Å². The molecular weight excluding hydrogens is 426 g/mol. The van der Waals surface area contributed by atoms with Crippen molar-refractivity contribution in [3.8, 4) is 17.1 Å². The number of rotatable bonds is 4. The molecule has 0 radical (unpaired) electrons. The van der Waals surface area contributed by atoms with Gasteiger partial charge in [-0.1, -0.05) is 30.3 Å². The number of benzene rings is 1. The van der Waals surface area contributed by atoms with Gasteiger partial charge in [-0.05, 0) is 0 Å². The number of ether oxygens (including phenoxy) is 2. The van der Waals surface area contributed by atoms with Crippen LogP contribution in [0.5, 0.6) is 5.88 Å². The van der Waals surface area contributed by atoms with Gasteiger partial charge in [-0.15, -0.1) is 0 Å². The maximum Gasteiger partial charge on any atom is 0.419 e. The van der Waals surface area contributed by atoms with E-state index >= 15 is 0 Å². The van der Waals surface area contributed by atoms with Gasteiger partial charge < -0.3 is 14.4 Å². The number of aryl methyl sites for hydroxylation is 1. The Balaban J connectivity index is 1.31. The molecule has 0 bridgehead atoms. The summed E-state index contributed by atoms with van der Waals surface area (Å²) < 4.78 is 13.8. The van der Waals surface area contributed by atoms with Gasteiger partial charge in [-0.3, -0.25) is 14.5 Å². The summed E-state index contributed by atoms with van der Waals surface area (Å²) in [6, 6.07) is 11.4. The fraction of sp³-hybridized carbons (Fsp3) is 0.227. The van der Waals surface area contributed by atoms with Gasteiger partial charge in [-0.25, -0.2) is 19.4 Å². The van der Waals surface area contributed by atoms with Crippen molar-refractivity contribution in [2.24, 2.45) is 7.05 Å². The van der Waals surface area contributed by atoms with E-state index in [-0.39, 0.29) is 23.2 Å². The quantitative estimate of drug-likeness (QED) is 0.510. The van der Waals surface area contributed by atoms with Gasteiger partial charge >= 0.3 is 6.09 Å². The maximum atomic E-state index is 12.8. The van der Waals surface area contributed by atoms with Crippen LogP contribution in [0.15, 0.2) is 55.1 Å². The molecular formula is C22H21N7O4. The third kappa shape index (κ3) is 4.26. The van der Waals surface area contributed by atoms with E-state index in [1.807, 2.05) is 36.5 Å². The smallest absolute Gasteiger partial charge is 0.390 e. The molecule has 0 aliphatic carbocycles. The van der Waals surface area contributed by atoms with Gasteiger partial charge in [0, 0.05) is 38.0 Å². The van der Waals surface area contributed by atoms with E-state index < -0.39 is 6.09 Å². The number of anilines is 1. The Kier molecular flexibility index (Phi) is 5.45. The molecule has 33 heavy (non-hydrogen) atoms. The van der Waals surface area contributed by atoms with E-state index in [4.69, 9.17) is 9.47 Å². The van der Waals surface area contributed by atoms with Crippen molar-refractivity contribution < 1.29 is 19.1 Å². The molecule has 4 aromatic rings. The summed E-state index contributed by atoms with van der Waals surface area (Å²) in [5, 5.41) is 6.65. The third-order valence-corrected chi connectivity index (χ3v) is 5.25. The summed E-state index contributed by atoms with van der Waals surface area (Å²) in [6.07, 6.45) is 4.02. The highest BCUT2D eigenvalue weighted by Gasteiger charge is 2.26. The number of carbonyl (C=O) groups is 2. The number of carbonyl (C=O) groups excluding carboxylic acids is 2. The minimum atomic E-state index is -0.790. The molecule has 2 amide bonds. The summed E-state index contributed by atoms with van der Waals surface area (Å²) in [7, 11) is 1.60. The molecule has 4 heterocycles. The number of fused-ring (bicyclic) bond motifs is 1. The van der Waals surface area contributed by atoms with Crippen LogP contribution in [-0.2, 0) is 11.8 Å². The Labute approximate surface area is 188 Å². The van der Waals surface area contributed by atoms with Gasteiger partial charge in [0.15, 0.2) is 0 Å². The first-order valence-electron chi connectivity index (χ1n) is 10.4. The van der Waals surface area contributed by atoms with Crippen LogP contribution in [0.2, 0.25) is 0 Å². The topological polar surface area (TPSA) is 116 Å².